The standard InChI is InChI=1S/C14H23NO3/c1-11-5-6-13(15-12(2)10-17-4)14(9-11)18-8-7-16-3/h5-6,9,12,15H,7-8,10H2,1-4H3. The van der Waals surface area contributed by atoms with Gasteiger partial charge in [0, 0.05) is 20.3 Å². The summed E-state index contributed by atoms with van der Waals surface area (Å²) in [7, 11) is 3.36. The molecule has 0 saturated heterocycles. The molecule has 1 N–H and O–H groups in total. The van der Waals surface area contributed by atoms with Crippen molar-refractivity contribution in [1.82, 2.24) is 0 Å². The summed E-state index contributed by atoms with van der Waals surface area (Å²) >= 11 is 0. The summed E-state index contributed by atoms with van der Waals surface area (Å²) in [5, 5.41) is 3.37. The van der Waals surface area contributed by atoms with Gasteiger partial charge in [-0.1, -0.05) is 6.07 Å². The molecule has 4 heteroatoms. The third-order valence-electron chi connectivity index (χ3n) is 2.50. The van der Waals surface area contributed by atoms with Crippen LogP contribution in [0.4, 0.5) is 5.69 Å². The van der Waals surface area contributed by atoms with E-state index in [1.807, 2.05) is 19.1 Å². The minimum Gasteiger partial charge on any atom is -0.489 e. The van der Waals surface area contributed by atoms with Gasteiger partial charge in [0.15, 0.2) is 0 Å². The number of benzene rings is 1. The van der Waals surface area contributed by atoms with Gasteiger partial charge in [0.1, 0.15) is 12.4 Å². The van der Waals surface area contributed by atoms with Gasteiger partial charge in [0.2, 0.25) is 0 Å². The van der Waals surface area contributed by atoms with Crippen LogP contribution in [-0.4, -0.2) is 40.1 Å². The highest BCUT2D eigenvalue weighted by Crippen LogP contribution is 2.26. The number of hydrogen-bond acceptors (Lipinski definition) is 4. The van der Waals surface area contributed by atoms with Crippen LogP contribution in [0.1, 0.15) is 12.5 Å². The summed E-state index contributed by atoms with van der Waals surface area (Å²) in [5.41, 5.74) is 2.16. The largest absolute Gasteiger partial charge is 0.489 e. The van der Waals surface area contributed by atoms with Gasteiger partial charge < -0.3 is 19.5 Å². The van der Waals surface area contributed by atoms with Crippen LogP contribution in [0.5, 0.6) is 5.75 Å². The smallest absolute Gasteiger partial charge is 0.142 e. The third-order valence-corrected chi connectivity index (χ3v) is 2.50. The maximum Gasteiger partial charge on any atom is 0.142 e. The first-order valence-corrected chi connectivity index (χ1v) is 6.15. The third kappa shape index (κ3) is 4.94. The van der Waals surface area contributed by atoms with Gasteiger partial charge in [-0.3, -0.25) is 0 Å². The lowest BCUT2D eigenvalue weighted by molar-refractivity contribution is 0.146. The zero-order valence-corrected chi connectivity index (χ0v) is 11.7. The Morgan fingerprint density at radius 2 is 1.94 bits per heavy atom. The lowest BCUT2D eigenvalue weighted by Crippen LogP contribution is -2.21. The van der Waals surface area contributed by atoms with Gasteiger partial charge in [0.05, 0.1) is 18.9 Å². The summed E-state index contributed by atoms with van der Waals surface area (Å²) in [4.78, 5) is 0. The molecule has 0 aliphatic rings. The topological polar surface area (TPSA) is 39.7 Å². The van der Waals surface area contributed by atoms with Gasteiger partial charge in [-0.2, -0.15) is 0 Å². The average Bonchev–Trinajstić information content (AvgIpc) is 2.33. The second-order valence-corrected chi connectivity index (χ2v) is 4.34. The fourth-order valence-electron chi connectivity index (χ4n) is 1.66. The van der Waals surface area contributed by atoms with Crippen LogP contribution in [0.15, 0.2) is 18.2 Å². The molecule has 1 atom stereocenters. The van der Waals surface area contributed by atoms with Crippen molar-refractivity contribution in [2.45, 2.75) is 19.9 Å². The van der Waals surface area contributed by atoms with Gasteiger partial charge in [-0.05, 0) is 31.5 Å². The molecule has 0 aliphatic heterocycles. The molecule has 0 bridgehead atoms. The van der Waals surface area contributed by atoms with Crippen LogP contribution < -0.4 is 10.1 Å². The molecule has 0 radical (unpaired) electrons. The molecule has 0 fully saturated rings. The lowest BCUT2D eigenvalue weighted by atomic mass is 10.2. The second kappa shape index (κ2) is 7.95. The highest BCUT2D eigenvalue weighted by atomic mass is 16.5. The zero-order chi connectivity index (χ0) is 13.4. The zero-order valence-electron chi connectivity index (χ0n) is 11.7. The van der Waals surface area contributed by atoms with E-state index < -0.39 is 0 Å². The molecule has 18 heavy (non-hydrogen) atoms. The van der Waals surface area contributed by atoms with Gasteiger partial charge >= 0.3 is 0 Å². The van der Waals surface area contributed by atoms with Gasteiger partial charge in [-0.15, -0.1) is 0 Å². The van der Waals surface area contributed by atoms with E-state index >= 15 is 0 Å². The molecule has 1 rings (SSSR count). The molecule has 0 aliphatic carbocycles. The molecule has 0 heterocycles. The van der Waals surface area contributed by atoms with Crippen molar-refractivity contribution >= 4 is 5.69 Å². The minimum atomic E-state index is 0.238. The van der Waals surface area contributed by atoms with E-state index in [0.29, 0.717) is 19.8 Å². The summed E-state index contributed by atoms with van der Waals surface area (Å²) in [6.45, 7) is 5.91. The quantitative estimate of drug-likeness (QED) is 0.722. The molecule has 1 aromatic carbocycles. The Hall–Kier alpha value is -1.26. The summed E-state index contributed by atoms with van der Waals surface area (Å²) in [6.07, 6.45) is 0. The van der Waals surface area contributed by atoms with Crippen molar-refractivity contribution in [3.8, 4) is 5.75 Å². The van der Waals surface area contributed by atoms with Crippen LogP contribution in [-0.2, 0) is 9.47 Å². The van der Waals surface area contributed by atoms with Crippen molar-refractivity contribution in [2.75, 3.05) is 39.4 Å². The number of rotatable bonds is 8. The van der Waals surface area contributed by atoms with Gasteiger partial charge in [-0.25, -0.2) is 0 Å². The minimum absolute atomic E-state index is 0.238. The van der Waals surface area contributed by atoms with Gasteiger partial charge in [0.25, 0.3) is 0 Å². The van der Waals surface area contributed by atoms with Crippen LogP contribution in [0.2, 0.25) is 0 Å². The van der Waals surface area contributed by atoms with Crippen molar-refractivity contribution in [1.29, 1.82) is 0 Å². The highest BCUT2D eigenvalue weighted by molar-refractivity contribution is 5.58. The van der Waals surface area contributed by atoms with E-state index in [2.05, 4.69) is 18.3 Å². The van der Waals surface area contributed by atoms with Crippen LogP contribution in [0, 0.1) is 6.92 Å². The van der Waals surface area contributed by atoms with Crippen LogP contribution in [0.3, 0.4) is 0 Å². The Morgan fingerprint density at radius 1 is 1.17 bits per heavy atom. The molecule has 4 nitrogen and oxygen atoms in total. The molecule has 0 aromatic heterocycles. The fourth-order valence-corrected chi connectivity index (χ4v) is 1.66. The molecule has 102 valence electrons. The average molecular weight is 253 g/mol. The van der Waals surface area contributed by atoms with E-state index in [1.165, 1.54) is 5.56 Å². The summed E-state index contributed by atoms with van der Waals surface area (Å²) in [6, 6.07) is 6.36. The molecule has 1 aromatic rings. The Labute approximate surface area is 109 Å². The second-order valence-electron chi connectivity index (χ2n) is 4.34. The first-order valence-electron chi connectivity index (χ1n) is 6.15. The number of methoxy groups -OCH3 is 2. The number of anilines is 1. The van der Waals surface area contributed by atoms with E-state index in [-0.39, 0.29) is 6.04 Å². The Bertz CT molecular complexity index is 355. The Kier molecular flexibility index (Phi) is 6.54. The molecular formula is C14H23NO3. The molecule has 0 amide bonds. The molecule has 0 spiro atoms. The number of nitrogens with one attached hydrogen (secondary N) is 1. The Morgan fingerprint density at radius 3 is 2.61 bits per heavy atom. The van der Waals surface area contributed by atoms with Crippen LogP contribution >= 0.6 is 0 Å². The molecule has 1 unspecified atom stereocenters. The van der Waals surface area contributed by atoms with Crippen LogP contribution in [0.25, 0.3) is 0 Å². The van der Waals surface area contributed by atoms with Crippen molar-refractivity contribution in [3.05, 3.63) is 23.8 Å². The van der Waals surface area contributed by atoms with Crippen molar-refractivity contribution in [2.24, 2.45) is 0 Å². The summed E-state index contributed by atoms with van der Waals surface area (Å²) in [5.74, 6) is 0.856. The maximum absolute atomic E-state index is 5.71. The molecular weight excluding hydrogens is 230 g/mol. The SMILES string of the molecule is COCCOc1cc(C)ccc1NC(C)COC. The highest BCUT2D eigenvalue weighted by Gasteiger charge is 2.07. The monoisotopic (exact) mass is 253 g/mol. The lowest BCUT2D eigenvalue weighted by Gasteiger charge is -2.18. The number of ether oxygens (including phenoxy) is 3. The van der Waals surface area contributed by atoms with Crippen molar-refractivity contribution < 1.29 is 14.2 Å². The Balaban J connectivity index is 2.69. The first kappa shape index (κ1) is 14.8. The maximum atomic E-state index is 5.71. The number of aryl methyl sites for hydroxylation is 1. The summed E-state index contributed by atoms with van der Waals surface area (Å²) < 4.78 is 15.8. The van der Waals surface area contributed by atoms with E-state index in [9.17, 15) is 0 Å². The van der Waals surface area contributed by atoms with E-state index in [4.69, 9.17) is 14.2 Å². The number of hydrogen-bond donors (Lipinski definition) is 1. The normalized spacial score (nSPS) is 12.2. The van der Waals surface area contributed by atoms with E-state index in [1.54, 1.807) is 14.2 Å². The first-order chi connectivity index (χ1) is 8.67. The fraction of sp³-hybridized carbons (Fsp3) is 0.571. The predicted octanol–water partition coefficient (Wildman–Crippen LogP) is 2.47. The molecule has 0 saturated carbocycles. The van der Waals surface area contributed by atoms with Crippen molar-refractivity contribution in [3.63, 3.8) is 0 Å². The predicted molar refractivity (Wildman–Crippen MR) is 73.5 cm³/mol. The van der Waals surface area contributed by atoms with E-state index in [0.717, 1.165) is 11.4 Å².